The molecule has 1 aliphatic carbocycles. The fourth-order valence-corrected chi connectivity index (χ4v) is 3.05. The van der Waals surface area contributed by atoms with Gasteiger partial charge >= 0.3 is 0 Å². The van der Waals surface area contributed by atoms with Gasteiger partial charge in [-0.25, -0.2) is 0 Å². The lowest BCUT2D eigenvalue weighted by Gasteiger charge is -2.34. The van der Waals surface area contributed by atoms with Gasteiger partial charge in [0.05, 0.1) is 0 Å². The lowest BCUT2D eigenvalue weighted by Crippen LogP contribution is -2.44. The highest BCUT2D eigenvalue weighted by molar-refractivity contribution is 5.94. The summed E-state index contributed by atoms with van der Waals surface area (Å²) < 4.78 is 0. The van der Waals surface area contributed by atoms with Gasteiger partial charge in [0.15, 0.2) is 0 Å². The highest BCUT2D eigenvalue weighted by Crippen LogP contribution is 2.29. The molecule has 0 heterocycles. The van der Waals surface area contributed by atoms with Crippen LogP contribution in [0, 0.1) is 11.8 Å². The Morgan fingerprint density at radius 1 is 1.14 bits per heavy atom. The molecule has 3 atom stereocenters. The molecule has 4 nitrogen and oxygen atoms in total. The lowest BCUT2D eigenvalue weighted by molar-refractivity contribution is -0.122. The van der Waals surface area contributed by atoms with E-state index in [0.29, 0.717) is 30.4 Å². The van der Waals surface area contributed by atoms with Crippen LogP contribution in [0.5, 0.6) is 0 Å². The smallest absolute Gasteiger partial charge is 0.251 e. The molecule has 2 amide bonds. The third-order valence-electron chi connectivity index (χ3n) is 4.73. The first-order valence-corrected chi connectivity index (χ1v) is 8.20. The van der Waals surface area contributed by atoms with Crippen LogP contribution in [0.1, 0.15) is 49.9 Å². The van der Waals surface area contributed by atoms with Gasteiger partial charge in [-0.15, -0.1) is 0 Å². The Morgan fingerprint density at radius 2 is 1.86 bits per heavy atom. The molecule has 0 saturated heterocycles. The predicted octanol–water partition coefficient (Wildman–Crippen LogP) is 2.75. The molecule has 0 aromatic heterocycles. The summed E-state index contributed by atoms with van der Waals surface area (Å²) >= 11 is 0. The highest BCUT2D eigenvalue weighted by atomic mass is 16.2. The van der Waals surface area contributed by atoms with Gasteiger partial charge in [0.25, 0.3) is 5.91 Å². The minimum Gasteiger partial charge on any atom is -0.353 e. The van der Waals surface area contributed by atoms with Crippen molar-refractivity contribution in [1.82, 2.24) is 10.6 Å². The summed E-state index contributed by atoms with van der Waals surface area (Å²) in [5.41, 5.74) is 0.623. The molecule has 3 unspecified atom stereocenters. The van der Waals surface area contributed by atoms with Crippen molar-refractivity contribution in [1.29, 1.82) is 0 Å². The molecular weight excluding hydrogens is 276 g/mol. The number of rotatable bonds is 5. The molecule has 1 fully saturated rings. The summed E-state index contributed by atoms with van der Waals surface area (Å²) in [7, 11) is 0. The molecule has 120 valence electrons. The van der Waals surface area contributed by atoms with Crippen LogP contribution < -0.4 is 10.6 Å². The van der Waals surface area contributed by atoms with Gasteiger partial charge in [-0.2, -0.15) is 0 Å². The normalized spacial score (nSPS) is 24.5. The summed E-state index contributed by atoms with van der Waals surface area (Å²) in [6.07, 6.45) is 3.83. The van der Waals surface area contributed by atoms with Crippen molar-refractivity contribution in [3.8, 4) is 0 Å². The number of amides is 2. The Bertz CT molecular complexity index is 501. The van der Waals surface area contributed by atoms with Crippen molar-refractivity contribution >= 4 is 11.8 Å². The molecule has 2 N–H and O–H groups in total. The summed E-state index contributed by atoms with van der Waals surface area (Å²) in [6.45, 7) is 4.84. The van der Waals surface area contributed by atoms with Gasteiger partial charge in [-0.05, 0) is 30.4 Å². The Balaban J connectivity index is 1.71. The van der Waals surface area contributed by atoms with E-state index in [9.17, 15) is 9.59 Å². The summed E-state index contributed by atoms with van der Waals surface area (Å²) in [5.74, 6) is 1.08. The van der Waals surface area contributed by atoms with Crippen molar-refractivity contribution in [2.24, 2.45) is 11.8 Å². The predicted molar refractivity (Wildman–Crippen MR) is 87.5 cm³/mol. The average Bonchev–Trinajstić information content (AvgIpc) is 2.52. The Labute approximate surface area is 132 Å². The molecule has 0 spiro atoms. The van der Waals surface area contributed by atoms with E-state index < -0.39 is 0 Å². The van der Waals surface area contributed by atoms with Crippen LogP contribution in [0.15, 0.2) is 30.3 Å². The maximum atomic E-state index is 12.0. The zero-order chi connectivity index (χ0) is 15.9. The van der Waals surface area contributed by atoms with Gasteiger partial charge in [0.1, 0.15) is 0 Å². The third kappa shape index (κ3) is 4.58. The third-order valence-corrected chi connectivity index (χ3v) is 4.73. The molecule has 1 aromatic carbocycles. The first-order valence-electron chi connectivity index (χ1n) is 8.20. The second-order valence-corrected chi connectivity index (χ2v) is 6.31. The molecule has 4 heteroatoms. The first-order chi connectivity index (χ1) is 10.6. The van der Waals surface area contributed by atoms with E-state index >= 15 is 0 Å². The quantitative estimate of drug-likeness (QED) is 0.878. The molecule has 0 aliphatic heterocycles. The van der Waals surface area contributed by atoms with E-state index in [-0.39, 0.29) is 17.9 Å². The Hall–Kier alpha value is -1.84. The summed E-state index contributed by atoms with van der Waals surface area (Å²) in [6, 6.07) is 9.33. The van der Waals surface area contributed by atoms with Crippen molar-refractivity contribution in [2.75, 3.05) is 6.54 Å². The highest BCUT2D eigenvalue weighted by Gasteiger charge is 2.27. The van der Waals surface area contributed by atoms with Crippen molar-refractivity contribution in [3.05, 3.63) is 35.9 Å². The fraction of sp³-hybridized carbons (Fsp3) is 0.556. The molecule has 1 aliphatic rings. The van der Waals surface area contributed by atoms with Gasteiger partial charge in [0.2, 0.25) is 5.91 Å². The number of hydrogen-bond donors (Lipinski definition) is 2. The van der Waals surface area contributed by atoms with Crippen LogP contribution in [0.25, 0.3) is 0 Å². The van der Waals surface area contributed by atoms with Crippen LogP contribution in [-0.4, -0.2) is 24.4 Å². The van der Waals surface area contributed by atoms with Gasteiger partial charge in [-0.1, -0.05) is 44.9 Å². The van der Waals surface area contributed by atoms with E-state index in [0.717, 1.165) is 6.42 Å². The van der Waals surface area contributed by atoms with Crippen LogP contribution in [0.4, 0.5) is 0 Å². The van der Waals surface area contributed by atoms with E-state index in [1.807, 2.05) is 18.2 Å². The van der Waals surface area contributed by atoms with Crippen molar-refractivity contribution in [2.45, 2.75) is 45.6 Å². The Kier molecular flexibility index (Phi) is 5.99. The number of nitrogens with one attached hydrogen (secondary N) is 2. The van der Waals surface area contributed by atoms with Gasteiger partial charge in [-0.3, -0.25) is 9.59 Å². The van der Waals surface area contributed by atoms with Crippen LogP contribution in [-0.2, 0) is 4.79 Å². The molecular formula is C18H26N2O2. The standard InChI is InChI=1S/C18H26N2O2/c1-13-7-6-10-16(14(13)2)20-17(21)11-12-19-18(22)15-8-4-3-5-9-15/h3-5,8-9,13-14,16H,6-7,10-12H2,1-2H3,(H,19,22)(H,20,21). The topological polar surface area (TPSA) is 58.2 Å². The zero-order valence-electron chi connectivity index (χ0n) is 13.5. The fourth-order valence-electron chi connectivity index (χ4n) is 3.05. The number of benzene rings is 1. The monoisotopic (exact) mass is 302 g/mol. The van der Waals surface area contributed by atoms with Crippen LogP contribution >= 0.6 is 0 Å². The van der Waals surface area contributed by atoms with Crippen LogP contribution in [0.2, 0.25) is 0 Å². The second kappa shape index (κ2) is 7.97. The molecule has 1 saturated carbocycles. The second-order valence-electron chi connectivity index (χ2n) is 6.31. The molecule has 2 rings (SSSR count). The summed E-state index contributed by atoms with van der Waals surface area (Å²) in [5, 5.41) is 5.91. The van der Waals surface area contributed by atoms with Crippen molar-refractivity contribution < 1.29 is 9.59 Å². The SMILES string of the molecule is CC1CCCC(NC(=O)CCNC(=O)c2ccccc2)C1C. The molecule has 0 radical (unpaired) electrons. The minimum atomic E-state index is -0.131. The average molecular weight is 302 g/mol. The van der Waals surface area contributed by atoms with Gasteiger partial charge in [0, 0.05) is 24.6 Å². The number of hydrogen-bond acceptors (Lipinski definition) is 2. The van der Waals surface area contributed by atoms with Crippen molar-refractivity contribution in [3.63, 3.8) is 0 Å². The molecule has 22 heavy (non-hydrogen) atoms. The number of carbonyl (C=O) groups excluding carboxylic acids is 2. The molecule has 0 bridgehead atoms. The lowest BCUT2D eigenvalue weighted by atomic mass is 9.78. The minimum absolute atomic E-state index is 0.0271. The summed E-state index contributed by atoms with van der Waals surface area (Å²) in [4.78, 5) is 23.9. The maximum Gasteiger partial charge on any atom is 0.251 e. The van der Waals surface area contributed by atoms with Gasteiger partial charge < -0.3 is 10.6 Å². The maximum absolute atomic E-state index is 12.0. The zero-order valence-corrected chi connectivity index (χ0v) is 13.5. The molecule has 1 aromatic rings. The van der Waals surface area contributed by atoms with Crippen LogP contribution in [0.3, 0.4) is 0 Å². The van der Waals surface area contributed by atoms with E-state index in [4.69, 9.17) is 0 Å². The van der Waals surface area contributed by atoms with E-state index in [2.05, 4.69) is 24.5 Å². The Morgan fingerprint density at radius 3 is 2.59 bits per heavy atom. The van der Waals surface area contributed by atoms with E-state index in [1.54, 1.807) is 12.1 Å². The van der Waals surface area contributed by atoms with E-state index in [1.165, 1.54) is 12.8 Å². The number of carbonyl (C=O) groups is 2. The largest absolute Gasteiger partial charge is 0.353 e. The first kappa shape index (κ1) is 16.5.